The van der Waals surface area contributed by atoms with Gasteiger partial charge >= 0.3 is 20.6 Å². The minimum absolute atomic E-state index is 0.240. The Morgan fingerprint density at radius 3 is 2.12 bits per heavy atom. The highest BCUT2D eigenvalue weighted by Crippen LogP contribution is 2.62. The van der Waals surface area contributed by atoms with E-state index < -0.39 is 20.6 Å². The van der Waals surface area contributed by atoms with Gasteiger partial charge in [-0.1, -0.05) is 73.7 Å². The van der Waals surface area contributed by atoms with Crippen LogP contribution < -0.4 is 9.32 Å². The van der Waals surface area contributed by atoms with Crippen molar-refractivity contribution in [2.24, 2.45) is 22.4 Å². The Bertz CT molecular complexity index is 1590. The molecule has 2 N–H and O–H groups in total. The average molecular weight is 611 g/mol. The highest BCUT2D eigenvalue weighted by atomic mass is 32.2. The molecule has 0 spiro atoms. The molecule has 3 aromatic rings. The fourth-order valence-electron chi connectivity index (χ4n) is 7.85. The summed E-state index contributed by atoms with van der Waals surface area (Å²) in [6.07, 6.45) is 4.83. The van der Waals surface area contributed by atoms with E-state index in [2.05, 4.69) is 6.92 Å². The minimum atomic E-state index is -4.08. The Morgan fingerprint density at radius 2 is 1.50 bits per heavy atom. The van der Waals surface area contributed by atoms with Crippen LogP contribution in [-0.4, -0.2) is 27.2 Å². The van der Waals surface area contributed by atoms with Crippen molar-refractivity contribution < 1.29 is 25.2 Å². The molecule has 0 saturated heterocycles. The monoisotopic (exact) mass is 610 g/mol. The molecule has 6 rings (SSSR count). The first kappa shape index (κ1) is 29.3. The standard InChI is InChI=1S/C32H38N2O6S2/c1-32-19-18-28-27-15-13-26(39-41(33,35)36)20-25(27)12-14-29(28)30(32)16-17-31(32)40-42(37,38)34(21-23-8-4-2-5-9-23)22-24-10-6-3-7-11-24/h2-11,13,15,20,28-31H,12,14,16-19,21-22H2,1H3,(H2,33,35,36)/t28-,29-,30+,31+,32+/m1/s1. The zero-order valence-electron chi connectivity index (χ0n) is 23.8. The van der Waals surface area contributed by atoms with Crippen LogP contribution in [0.25, 0.3) is 0 Å². The molecule has 5 atom stereocenters. The summed E-state index contributed by atoms with van der Waals surface area (Å²) >= 11 is 0. The molecule has 0 heterocycles. The summed E-state index contributed by atoms with van der Waals surface area (Å²) in [5, 5.41) is 5.07. The van der Waals surface area contributed by atoms with Crippen molar-refractivity contribution in [3.05, 3.63) is 101 Å². The van der Waals surface area contributed by atoms with E-state index in [4.69, 9.17) is 13.5 Å². The van der Waals surface area contributed by atoms with Gasteiger partial charge in [0.1, 0.15) is 5.75 Å². The third-order valence-corrected chi connectivity index (χ3v) is 11.6. The minimum Gasteiger partial charge on any atom is -0.371 e. The van der Waals surface area contributed by atoms with Gasteiger partial charge in [0.2, 0.25) is 0 Å². The lowest BCUT2D eigenvalue weighted by atomic mass is 9.55. The third-order valence-electron chi connectivity index (χ3n) is 9.78. The van der Waals surface area contributed by atoms with Crippen LogP contribution in [0.3, 0.4) is 0 Å². The van der Waals surface area contributed by atoms with Crippen molar-refractivity contribution in [1.29, 1.82) is 0 Å². The smallest absolute Gasteiger partial charge is 0.371 e. The maximum Gasteiger partial charge on any atom is 0.380 e. The fourth-order valence-corrected chi connectivity index (χ4v) is 9.57. The van der Waals surface area contributed by atoms with Crippen LogP contribution in [0.1, 0.15) is 67.2 Å². The number of fused-ring (bicyclic) bond motifs is 5. The molecule has 3 aromatic carbocycles. The van der Waals surface area contributed by atoms with Gasteiger partial charge in [-0.15, -0.1) is 0 Å². The van der Waals surface area contributed by atoms with E-state index in [1.807, 2.05) is 66.7 Å². The Labute approximate surface area is 249 Å². The summed E-state index contributed by atoms with van der Waals surface area (Å²) in [6.45, 7) is 2.70. The number of hydrogen-bond donors (Lipinski definition) is 1. The van der Waals surface area contributed by atoms with Gasteiger partial charge < -0.3 is 4.18 Å². The Kier molecular flexibility index (Phi) is 7.95. The second-order valence-electron chi connectivity index (χ2n) is 12.3. The first-order valence-electron chi connectivity index (χ1n) is 14.6. The maximum atomic E-state index is 13.9. The van der Waals surface area contributed by atoms with E-state index in [0.29, 0.717) is 24.2 Å². The van der Waals surface area contributed by atoms with E-state index in [9.17, 15) is 16.8 Å². The molecule has 10 heteroatoms. The molecule has 224 valence electrons. The van der Waals surface area contributed by atoms with Crippen molar-refractivity contribution in [3.8, 4) is 5.75 Å². The SMILES string of the molecule is C[C@]12CC[C@@H]3c4ccc(OS(N)(=O)=O)cc4CC[C@H]3[C@@H]1CC[C@@H]2OS(=O)(=O)N(Cc1ccccc1)Cc1ccccc1. The zero-order valence-corrected chi connectivity index (χ0v) is 25.4. The maximum absolute atomic E-state index is 13.9. The molecular weight excluding hydrogens is 572 g/mol. The highest BCUT2D eigenvalue weighted by Gasteiger charge is 2.56. The molecule has 0 unspecified atom stereocenters. The van der Waals surface area contributed by atoms with Gasteiger partial charge in [0.15, 0.2) is 0 Å². The summed E-state index contributed by atoms with van der Waals surface area (Å²) < 4.78 is 63.3. The van der Waals surface area contributed by atoms with Gasteiger partial charge in [-0.2, -0.15) is 26.3 Å². The van der Waals surface area contributed by atoms with Gasteiger partial charge in [-0.3, -0.25) is 4.18 Å². The number of rotatable bonds is 9. The van der Waals surface area contributed by atoms with Crippen LogP contribution in [0.4, 0.5) is 0 Å². The molecule has 2 fully saturated rings. The molecular formula is C32H38N2O6S2. The van der Waals surface area contributed by atoms with E-state index in [0.717, 1.165) is 48.8 Å². The Hall–Kier alpha value is -2.76. The van der Waals surface area contributed by atoms with Gasteiger partial charge in [0.25, 0.3) is 0 Å². The predicted molar refractivity (Wildman–Crippen MR) is 161 cm³/mol. The zero-order chi connectivity index (χ0) is 29.5. The van der Waals surface area contributed by atoms with E-state index in [-0.39, 0.29) is 30.4 Å². The van der Waals surface area contributed by atoms with Crippen molar-refractivity contribution in [2.75, 3.05) is 0 Å². The van der Waals surface area contributed by atoms with Crippen molar-refractivity contribution in [2.45, 2.75) is 70.6 Å². The van der Waals surface area contributed by atoms with Crippen LogP contribution >= 0.6 is 0 Å². The summed E-state index contributed by atoms with van der Waals surface area (Å²) in [5.74, 6) is 1.35. The molecule has 3 aliphatic rings. The molecule has 3 aliphatic carbocycles. The van der Waals surface area contributed by atoms with Crippen LogP contribution in [0.5, 0.6) is 5.75 Å². The van der Waals surface area contributed by atoms with Crippen LogP contribution in [0.2, 0.25) is 0 Å². The molecule has 0 bridgehead atoms. The lowest BCUT2D eigenvalue weighted by Gasteiger charge is -2.50. The number of aryl methyl sites for hydroxylation is 1. The normalized spacial score (nSPS) is 27.2. The van der Waals surface area contributed by atoms with Crippen molar-refractivity contribution in [1.82, 2.24) is 4.31 Å². The second-order valence-corrected chi connectivity index (χ2v) is 15.0. The van der Waals surface area contributed by atoms with Gasteiger partial charge in [-0.25, -0.2) is 0 Å². The Morgan fingerprint density at radius 1 is 0.857 bits per heavy atom. The molecule has 0 aliphatic heterocycles. The molecule has 0 amide bonds. The molecule has 0 radical (unpaired) electrons. The number of benzene rings is 3. The van der Waals surface area contributed by atoms with E-state index >= 15 is 0 Å². The summed E-state index contributed by atoms with van der Waals surface area (Å²) in [4.78, 5) is 0. The number of nitrogens with zero attached hydrogens (tertiary/aromatic N) is 1. The fraction of sp³-hybridized carbons (Fsp3) is 0.438. The topological polar surface area (TPSA) is 116 Å². The molecule has 2 saturated carbocycles. The number of nitrogens with two attached hydrogens (primary N) is 1. The van der Waals surface area contributed by atoms with Crippen LogP contribution in [0, 0.1) is 17.3 Å². The second kappa shape index (κ2) is 11.4. The van der Waals surface area contributed by atoms with Gasteiger partial charge in [-0.05, 0) is 96.1 Å². The summed E-state index contributed by atoms with van der Waals surface area (Å²) in [5.41, 5.74) is 3.93. The highest BCUT2D eigenvalue weighted by molar-refractivity contribution is 7.84. The van der Waals surface area contributed by atoms with E-state index in [1.54, 1.807) is 12.1 Å². The first-order chi connectivity index (χ1) is 20.0. The molecule has 42 heavy (non-hydrogen) atoms. The predicted octanol–water partition coefficient (Wildman–Crippen LogP) is 5.46. The van der Waals surface area contributed by atoms with Crippen LogP contribution in [0.15, 0.2) is 78.9 Å². The van der Waals surface area contributed by atoms with Gasteiger partial charge in [0, 0.05) is 13.1 Å². The lowest BCUT2D eigenvalue weighted by molar-refractivity contribution is -0.0114. The number of hydrogen-bond acceptors (Lipinski definition) is 6. The largest absolute Gasteiger partial charge is 0.380 e. The van der Waals surface area contributed by atoms with E-state index in [1.165, 1.54) is 9.87 Å². The average Bonchev–Trinajstić information content (AvgIpc) is 3.28. The van der Waals surface area contributed by atoms with Gasteiger partial charge in [0.05, 0.1) is 6.10 Å². The van der Waals surface area contributed by atoms with Crippen LogP contribution in [-0.2, 0) is 44.3 Å². The Balaban J connectivity index is 1.21. The summed E-state index contributed by atoms with van der Waals surface area (Å²) in [7, 11) is -8.10. The molecule has 8 nitrogen and oxygen atoms in total. The third kappa shape index (κ3) is 6.01. The van der Waals surface area contributed by atoms with Crippen molar-refractivity contribution >= 4 is 20.6 Å². The quantitative estimate of drug-likeness (QED) is 0.344. The van der Waals surface area contributed by atoms with Crippen molar-refractivity contribution in [3.63, 3.8) is 0 Å². The molecule has 0 aromatic heterocycles. The first-order valence-corrected chi connectivity index (χ1v) is 17.5. The summed E-state index contributed by atoms with van der Waals surface area (Å²) in [6, 6.07) is 24.7. The lowest BCUT2D eigenvalue weighted by Crippen LogP contribution is -2.46.